The molecule has 7 amide bonds. The first-order valence-corrected chi connectivity index (χ1v) is 34.9. The van der Waals surface area contributed by atoms with Crippen molar-refractivity contribution >= 4 is 87.8 Å². The van der Waals surface area contributed by atoms with Gasteiger partial charge in [-0.05, 0) is 98.9 Å². The van der Waals surface area contributed by atoms with Crippen LogP contribution in [0.25, 0.3) is 10.8 Å². The first-order chi connectivity index (χ1) is 50.3. The summed E-state index contributed by atoms with van der Waals surface area (Å²) in [5.41, 5.74) is 2.95. The van der Waals surface area contributed by atoms with Gasteiger partial charge in [0.05, 0.1) is 36.0 Å². The molecule has 11 N–H and O–H groups in total. The number of amides is 7. The zero-order valence-electron chi connectivity index (χ0n) is 59.8. The summed E-state index contributed by atoms with van der Waals surface area (Å²) in [7, 11) is 0. The Labute approximate surface area is 610 Å². The highest BCUT2D eigenvalue weighted by Crippen LogP contribution is 2.64. The summed E-state index contributed by atoms with van der Waals surface area (Å²) >= 11 is 0. The van der Waals surface area contributed by atoms with Crippen molar-refractivity contribution in [3.05, 3.63) is 161 Å². The van der Waals surface area contributed by atoms with Gasteiger partial charge in [0.1, 0.15) is 53.8 Å². The maximum atomic E-state index is 15.9. The molecular formula is C77H89N7O22. The first-order valence-electron chi connectivity index (χ1n) is 34.9. The number of hydrogen-bond donors (Lipinski definition) is 9. The van der Waals surface area contributed by atoms with E-state index in [4.69, 9.17) is 44.6 Å². The number of Topliss-reactive ketones (excluding diaryl/α,β-unsaturated/α-hetero) is 1. The molecule has 5 aromatic rings. The summed E-state index contributed by atoms with van der Waals surface area (Å²) in [4.78, 5) is 179. The van der Waals surface area contributed by atoms with Crippen LogP contribution in [0.3, 0.4) is 0 Å². The van der Waals surface area contributed by atoms with Crippen LogP contribution < -0.4 is 42.8 Å². The fraction of sp³-hybridized carbons (Fsp3) is 0.442. The third kappa shape index (κ3) is 17.6. The molecule has 2 bridgehead atoms. The van der Waals surface area contributed by atoms with E-state index in [1.54, 1.807) is 66.7 Å². The lowest BCUT2D eigenvalue weighted by molar-refractivity contribution is -0.346. The van der Waals surface area contributed by atoms with Gasteiger partial charge in [-0.25, -0.2) is 9.59 Å². The molecule has 4 aliphatic rings. The van der Waals surface area contributed by atoms with E-state index in [1.807, 2.05) is 30.3 Å². The molecule has 5 aromatic carbocycles. The fourth-order valence-corrected chi connectivity index (χ4v) is 14.7. The number of rotatable bonds is 31. The minimum absolute atomic E-state index is 0.00000314. The van der Waals surface area contributed by atoms with E-state index in [0.717, 1.165) is 24.6 Å². The number of nitrogens with two attached hydrogens (primary N) is 2. The van der Waals surface area contributed by atoms with Gasteiger partial charge in [-0.2, -0.15) is 0 Å². The number of carbonyl (C=O) groups excluding carboxylic acids is 13. The Bertz CT molecular complexity index is 4190. The number of benzene rings is 5. The molecule has 3 aliphatic carbocycles. The lowest BCUT2D eigenvalue weighted by Gasteiger charge is -2.67. The Hall–Kier alpha value is -10.9. The Balaban J connectivity index is 0.881. The van der Waals surface area contributed by atoms with Gasteiger partial charge < -0.3 is 81.4 Å². The molecule has 564 valence electrons. The smallest absolute Gasteiger partial charge is 0.350 e. The number of unbranched alkanes of at least 4 members (excludes halogenated alkanes) is 1. The van der Waals surface area contributed by atoms with E-state index in [-0.39, 0.29) is 66.5 Å². The second-order valence-corrected chi connectivity index (χ2v) is 27.7. The number of ether oxygens (including phenoxy) is 7. The molecule has 14 atom stereocenters. The number of ketones is 1. The normalized spacial score (nSPS) is 24.0. The fourth-order valence-electron chi connectivity index (χ4n) is 14.7. The van der Waals surface area contributed by atoms with E-state index in [1.165, 1.54) is 71.0 Å². The minimum Gasteiger partial charge on any atom is -0.483 e. The molecular weight excluding hydrogens is 1370 g/mol. The largest absolute Gasteiger partial charge is 0.483 e. The lowest BCUT2D eigenvalue weighted by atomic mass is 9.44. The monoisotopic (exact) mass is 1460 g/mol. The zero-order valence-corrected chi connectivity index (χ0v) is 59.8. The van der Waals surface area contributed by atoms with Crippen molar-refractivity contribution in [3.63, 3.8) is 0 Å². The molecule has 2 unspecified atom stereocenters. The molecule has 1 aliphatic heterocycles. The Morgan fingerprint density at radius 2 is 1.29 bits per heavy atom. The summed E-state index contributed by atoms with van der Waals surface area (Å²) in [6, 6.07) is 30.8. The zero-order chi connectivity index (χ0) is 77.0. The number of aliphatic hydroxyl groups is 2. The number of aliphatic hydroxyl groups excluding tert-OH is 1. The van der Waals surface area contributed by atoms with Crippen molar-refractivity contribution in [2.45, 2.75) is 178 Å². The standard InChI is InChI=1S/C77H89N7O22/c1-42-54(39-77(99)67(105-72(97)49-27-15-10-16-28-49)65-75(7,55(87)38-56-76(65,41-101-56)106-45(4)86)66(92)63(102-44(3)85)61(42)74(77,5)6)103-73(98)64(62(47-23-11-8-12-24-47)84-71(96)48-25-13-9-14-26-48)104-60(91)36-35-57(88)80-37-20-19-31-51(68(78)93)82-58(89)34-33-52(69(79)94)83-70(95)43(2)81-59(90)40-100-53-32-21-29-46-22-17-18-30-50(46)53/h8-18,21-30,32,43,51-52,54-56,62-65,67,87,99H,19-20,31,33-41H2,1-7H3,(H2,78,93)(H2,79,94)(H,80,88)(H,81,90)(H,82,89)(H,83,95)(H,84,96)/t43?,51?,52-,54-,55-,56+,62-,63+,64+,65-,67-,75+,76-,77+/m0/s1. The molecule has 0 spiro atoms. The topological polar surface area (TPSA) is 439 Å². The van der Waals surface area contributed by atoms with E-state index < -0.39 is 205 Å². The van der Waals surface area contributed by atoms with Gasteiger partial charge in [0.2, 0.25) is 35.6 Å². The van der Waals surface area contributed by atoms with Gasteiger partial charge in [0, 0.05) is 62.4 Å². The van der Waals surface area contributed by atoms with Crippen molar-refractivity contribution in [3.8, 4) is 5.75 Å². The van der Waals surface area contributed by atoms with Crippen LogP contribution in [0.4, 0.5) is 0 Å². The molecule has 9 rings (SSSR count). The number of primary amides is 2. The van der Waals surface area contributed by atoms with Gasteiger partial charge in [-0.3, -0.25) is 52.7 Å². The number of carbonyl (C=O) groups is 13. The summed E-state index contributed by atoms with van der Waals surface area (Å²) in [5, 5.41) is 41.0. The third-order valence-electron chi connectivity index (χ3n) is 20.4. The lowest BCUT2D eigenvalue weighted by Crippen LogP contribution is -2.82. The number of fused-ring (bicyclic) bond motifs is 6. The van der Waals surface area contributed by atoms with Crippen molar-refractivity contribution in [2.24, 2.45) is 28.2 Å². The average Bonchev–Trinajstić information content (AvgIpc) is 0.669. The summed E-state index contributed by atoms with van der Waals surface area (Å²) in [5.74, 6) is -12.9. The molecule has 2 saturated carbocycles. The van der Waals surface area contributed by atoms with Crippen molar-refractivity contribution < 1.29 is 106 Å². The van der Waals surface area contributed by atoms with Crippen LogP contribution in [-0.4, -0.2) is 173 Å². The molecule has 0 radical (unpaired) electrons. The molecule has 106 heavy (non-hydrogen) atoms. The third-order valence-corrected chi connectivity index (χ3v) is 20.4. The van der Waals surface area contributed by atoms with E-state index in [9.17, 15) is 63.0 Å². The highest BCUT2D eigenvalue weighted by Gasteiger charge is 2.78. The van der Waals surface area contributed by atoms with Crippen LogP contribution in [0.1, 0.15) is 139 Å². The van der Waals surface area contributed by atoms with Crippen LogP contribution >= 0.6 is 0 Å². The molecule has 29 heteroatoms. The number of hydrogen-bond acceptors (Lipinski definition) is 22. The highest BCUT2D eigenvalue weighted by atomic mass is 16.6. The molecule has 1 heterocycles. The minimum atomic E-state index is -2.57. The maximum Gasteiger partial charge on any atom is 0.350 e. The van der Waals surface area contributed by atoms with Crippen LogP contribution in [0, 0.1) is 16.7 Å². The van der Waals surface area contributed by atoms with Crippen LogP contribution in [0.5, 0.6) is 5.75 Å². The summed E-state index contributed by atoms with van der Waals surface area (Å²) in [6.07, 6.45) is -13.0. The van der Waals surface area contributed by atoms with Gasteiger partial charge in [0.15, 0.2) is 24.1 Å². The molecule has 3 fully saturated rings. The summed E-state index contributed by atoms with van der Waals surface area (Å²) in [6.45, 7) is 8.49. The van der Waals surface area contributed by atoms with Gasteiger partial charge in [-0.15, -0.1) is 0 Å². The first kappa shape index (κ1) is 79.2. The number of nitrogens with one attached hydrogen (secondary N) is 5. The quantitative estimate of drug-likeness (QED) is 0.0132. The van der Waals surface area contributed by atoms with E-state index in [2.05, 4.69) is 26.6 Å². The van der Waals surface area contributed by atoms with Crippen molar-refractivity contribution in [1.82, 2.24) is 26.6 Å². The highest BCUT2D eigenvalue weighted by molar-refractivity contribution is 5.98. The van der Waals surface area contributed by atoms with Gasteiger partial charge in [0.25, 0.3) is 11.8 Å². The molecule has 1 saturated heterocycles. The second-order valence-electron chi connectivity index (χ2n) is 27.7. The Kier molecular flexibility index (Phi) is 25.3. The molecule has 29 nitrogen and oxygen atoms in total. The van der Waals surface area contributed by atoms with Gasteiger partial charge >= 0.3 is 29.8 Å². The van der Waals surface area contributed by atoms with Gasteiger partial charge in [-0.1, -0.05) is 117 Å². The SMILES string of the molecule is CC(=O)O[C@H]1C(=O)[C@@]2(C)[C@H]([C@H](OC(=O)c3ccccc3)[C@]3(O)C[C@H](OC(=O)[C@H](OC(=O)CCC(=O)NCCCCC(NC(=O)CC[C@H](NC(=O)C(C)NC(=O)COc4cccc5ccccc45)C(N)=O)C(N)=O)[C@@H](NC(=O)c4ccccc4)c4ccccc4)C(C)=C1C3(C)C)[C@]1(OC(C)=O)CO[C@@H]1C[C@@H]2O. The maximum absolute atomic E-state index is 15.9. The Morgan fingerprint density at radius 3 is 1.92 bits per heavy atom. The Morgan fingerprint density at radius 1 is 0.670 bits per heavy atom. The van der Waals surface area contributed by atoms with Crippen LogP contribution in [-0.2, 0) is 81.2 Å². The average molecular weight is 1460 g/mol. The molecule has 0 aromatic heterocycles. The predicted molar refractivity (Wildman–Crippen MR) is 376 cm³/mol. The van der Waals surface area contributed by atoms with E-state index in [0.29, 0.717) is 5.75 Å². The number of esters is 5. The van der Waals surface area contributed by atoms with Crippen LogP contribution in [0.15, 0.2) is 145 Å². The summed E-state index contributed by atoms with van der Waals surface area (Å²) < 4.78 is 42.7. The second kappa shape index (κ2) is 33.9. The van der Waals surface area contributed by atoms with E-state index >= 15 is 9.59 Å². The van der Waals surface area contributed by atoms with Crippen molar-refractivity contribution in [1.29, 1.82) is 0 Å². The van der Waals surface area contributed by atoms with Crippen LogP contribution in [0.2, 0.25) is 0 Å². The van der Waals surface area contributed by atoms with Crippen molar-refractivity contribution in [2.75, 3.05) is 19.8 Å². The predicted octanol–water partition coefficient (Wildman–Crippen LogP) is 3.81.